The molecule has 7 aromatic carbocycles. The first-order valence-corrected chi connectivity index (χ1v) is 15.3. The van der Waals surface area contributed by atoms with Crippen molar-refractivity contribution in [1.29, 1.82) is 0 Å². The van der Waals surface area contributed by atoms with E-state index in [-0.39, 0.29) is 0 Å². The summed E-state index contributed by atoms with van der Waals surface area (Å²) in [6.07, 6.45) is 0. The van der Waals surface area contributed by atoms with Gasteiger partial charge in [-0.2, -0.15) is 0 Å². The molecule has 0 N–H and O–H groups in total. The quantitative estimate of drug-likeness (QED) is 0.210. The van der Waals surface area contributed by atoms with Gasteiger partial charge >= 0.3 is 0 Å². The third-order valence-corrected chi connectivity index (χ3v) is 8.80. The van der Waals surface area contributed by atoms with Gasteiger partial charge in [0, 0.05) is 21.7 Å². The summed E-state index contributed by atoms with van der Waals surface area (Å²) in [4.78, 5) is 10.6. The number of hydrogen-bond acceptors (Lipinski definition) is 2. The van der Waals surface area contributed by atoms with Gasteiger partial charge in [0.1, 0.15) is 0 Å². The van der Waals surface area contributed by atoms with Gasteiger partial charge in [-0.15, -0.1) is 0 Å². The zero-order valence-corrected chi connectivity index (χ0v) is 24.4. The number of hydrogen-bond donors (Lipinski definition) is 0. The maximum Gasteiger partial charge on any atom is 0.235 e. The molecule has 2 aromatic heterocycles. The SMILES string of the molecule is c1ccc(-c2ccc(-c3ccc4nc(-n5c6ccccc6c6cc7ccccc7cc65)nc(-c5ccccc5)c4c3)cc2)cc1. The lowest BCUT2D eigenvalue weighted by atomic mass is 9.98. The summed E-state index contributed by atoms with van der Waals surface area (Å²) in [7, 11) is 0. The van der Waals surface area contributed by atoms with Crippen molar-refractivity contribution < 1.29 is 0 Å². The zero-order chi connectivity index (χ0) is 29.7. The predicted octanol–water partition coefficient (Wildman–Crippen LogP) is 10.9. The fraction of sp³-hybridized carbons (Fsp3) is 0. The maximum absolute atomic E-state index is 5.33. The van der Waals surface area contributed by atoms with Crippen LogP contribution in [0, 0.1) is 0 Å². The molecule has 0 unspecified atom stereocenters. The first-order chi connectivity index (χ1) is 22.3. The van der Waals surface area contributed by atoms with Crippen LogP contribution in [0.25, 0.3) is 82.9 Å². The van der Waals surface area contributed by atoms with Crippen LogP contribution in [0.3, 0.4) is 0 Å². The van der Waals surface area contributed by atoms with Gasteiger partial charge in [-0.05, 0) is 63.4 Å². The highest BCUT2D eigenvalue weighted by molar-refractivity contribution is 6.13. The summed E-state index contributed by atoms with van der Waals surface area (Å²) < 4.78 is 2.22. The smallest absolute Gasteiger partial charge is 0.235 e. The monoisotopic (exact) mass is 573 g/mol. The third-order valence-electron chi connectivity index (χ3n) is 8.80. The molecule has 45 heavy (non-hydrogen) atoms. The van der Waals surface area contributed by atoms with E-state index in [1.54, 1.807) is 0 Å². The van der Waals surface area contributed by atoms with E-state index in [1.165, 1.54) is 32.7 Å². The van der Waals surface area contributed by atoms with E-state index in [1.807, 2.05) is 12.1 Å². The maximum atomic E-state index is 5.33. The molecular weight excluding hydrogens is 546 g/mol. The molecule has 0 saturated heterocycles. The van der Waals surface area contributed by atoms with Crippen molar-refractivity contribution in [2.75, 3.05) is 0 Å². The molecule has 0 spiro atoms. The van der Waals surface area contributed by atoms with Crippen molar-refractivity contribution in [2.24, 2.45) is 0 Å². The van der Waals surface area contributed by atoms with Gasteiger partial charge in [0.15, 0.2) is 0 Å². The molecule has 9 rings (SSSR count). The van der Waals surface area contributed by atoms with Gasteiger partial charge in [0.25, 0.3) is 0 Å². The van der Waals surface area contributed by atoms with E-state index in [0.717, 1.165) is 44.3 Å². The summed E-state index contributed by atoms with van der Waals surface area (Å²) in [5.41, 5.74) is 9.81. The van der Waals surface area contributed by atoms with Crippen molar-refractivity contribution in [2.45, 2.75) is 0 Å². The average Bonchev–Trinajstić information content (AvgIpc) is 3.44. The molecule has 210 valence electrons. The molecule has 0 bridgehead atoms. The fourth-order valence-corrected chi connectivity index (χ4v) is 6.57. The fourth-order valence-electron chi connectivity index (χ4n) is 6.57. The molecular formula is C42H27N3. The van der Waals surface area contributed by atoms with Crippen LogP contribution >= 0.6 is 0 Å². The minimum Gasteiger partial charge on any atom is -0.278 e. The van der Waals surface area contributed by atoms with Crippen LogP contribution in [0.15, 0.2) is 164 Å². The summed E-state index contributed by atoms with van der Waals surface area (Å²) in [6, 6.07) is 57.9. The number of fused-ring (bicyclic) bond motifs is 5. The lowest BCUT2D eigenvalue weighted by Crippen LogP contribution is -2.03. The molecule has 0 saturated carbocycles. The van der Waals surface area contributed by atoms with E-state index in [2.05, 4.69) is 156 Å². The summed E-state index contributed by atoms with van der Waals surface area (Å²) >= 11 is 0. The molecule has 0 amide bonds. The van der Waals surface area contributed by atoms with Crippen molar-refractivity contribution in [1.82, 2.24) is 14.5 Å². The second-order valence-electron chi connectivity index (χ2n) is 11.5. The van der Waals surface area contributed by atoms with Crippen LogP contribution in [-0.2, 0) is 0 Å². The van der Waals surface area contributed by atoms with Gasteiger partial charge in [0.2, 0.25) is 5.95 Å². The Kier molecular flexibility index (Phi) is 5.82. The van der Waals surface area contributed by atoms with E-state index >= 15 is 0 Å². The Labute approximate surface area is 260 Å². The van der Waals surface area contributed by atoms with Crippen LogP contribution in [0.1, 0.15) is 0 Å². The zero-order valence-electron chi connectivity index (χ0n) is 24.4. The Bertz CT molecular complexity index is 2510. The van der Waals surface area contributed by atoms with E-state index in [0.29, 0.717) is 5.95 Å². The molecule has 2 heterocycles. The van der Waals surface area contributed by atoms with Crippen molar-refractivity contribution in [3.05, 3.63) is 164 Å². The van der Waals surface area contributed by atoms with Gasteiger partial charge in [-0.25, -0.2) is 9.97 Å². The Morgan fingerprint density at radius 2 is 0.933 bits per heavy atom. The van der Waals surface area contributed by atoms with Crippen LogP contribution < -0.4 is 0 Å². The molecule has 0 aliphatic carbocycles. The minimum atomic E-state index is 0.669. The van der Waals surface area contributed by atoms with E-state index in [4.69, 9.17) is 9.97 Å². The Morgan fingerprint density at radius 1 is 0.356 bits per heavy atom. The largest absolute Gasteiger partial charge is 0.278 e. The highest BCUT2D eigenvalue weighted by Crippen LogP contribution is 2.37. The molecule has 0 radical (unpaired) electrons. The summed E-state index contributed by atoms with van der Waals surface area (Å²) in [6.45, 7) is 0. The average molecular weight is 574 g/mol. The predicted molar refractivity (Wildman–Crippen MR) is 188 cm³/mol. The number of aromatic nitrogens is 3. The lowest BCUT2D eigenvalue weighted by Gasteiger charge is -2.13. The van der Waals surface area contributed by atoms with Gasteiger partial charge in [-0.3, -0.25) is 4.57 Å². The normalized spacial score (nSPS) is 11.6. The highest BCUT2D eigenvalue weighted by atomic mass is 15.2. The van der Waals surface area contributed by atoms with Crippen LogP contribution in [0.4, 0.5) is 0 Å². The van der Waals surface area contributed by atoms with Crippen molar-refractivity contribution >= 4 is 43.5 Å². The van der Waals surface area contributed by atoms with Crippen molar-refractivity contribution in [3.63, 3.8) is 0 Å². The van der Waals surface area contributed by atoms with E-state index in [9.17, 15) is 0 Å². The third kappa shape index (κ3) is 4.29. The van der Waals surface area contributed by atoms with Crippen LogP contribution in [0.5, 0.6) is 0 Å². The highest BCUT2D eigenvalue weighted by Gasteiger charge is 2.18. The Hall–Kier alpha value is -6.06. The van der Waals surface area contributed by atoms with E-state index < -0.39 is 0 Å². The molecule has 0 aliphatic heterocycles. The second-order valence-corrected chi connectivity index (χ2v) is 11.5. The molecule has 0 fully saturated rings. The minimum absolute atomic E-state index is 0.669. The number of benzene rings is 7. The molecule has 9 aromatic rings. The lowest BCUT2D eigenvalue weighted by molar-refractivity contribution is 1.01. The Balaban J connectivity index is 1.26. The topological polar surface area (TPSA) is 30.7 Å². The van der Waals surface area contributed by atoms with Gasteiger partial charge < -0.3 is 0 Å². The number of nitrogens with zero attached hydrogens (tertiary/aromatic N) is 3. The van der Waals surface area contributed by atoms with Gasteiger partial charge in [0.05, 0.1) is 22.2 Å². The number of para-hydroxylation sites is 1. The van der Waals surface area contributed by atoms with Crippen molar-refractivity contribution in [3.8, 4) is 39.5 Å². The molecule has 3 nitrogen and oxygen atoms in total. The summed E-state index contributed by atoms with van der Waals surface area (Å²) in [5.74, 6) is 0.669. The summed E-state index contributed by atoms with van der Waals surface area (Å²) in [5, 5.41) is 5.84. The standard InChI is InChI=1S/C42H27N3/c1-3-11-28(12-4-1)29-19-21-30(22-20-29)34-23-24-38-37(26-34)41(31-13-5-2-6-14-31)44-42(43-38)45-39-18-10-9-17-35(39)36-25-32-15-7-8-16-33(32)27-40(36)45/h1-27H. The Morgan fingerprint density at radius 3 is 1.69 bits per heavy atom. The van der Waals surface area contributed by atoms with Crippen LogP contribution in [-0.4, -0.2) is 14.5 Å². The molecule has 0 aliphatic rings. The van der Waals surface area contributed by atoms with Gasteiger partial charge in [-0.1, -0.05) is 133 Å². The first kappa shape index (κ1) is 25.4. The number of rotatable bonds is 4. The van der Waals surface area contributed by atoms with Crippen LogP contribution in [0.2, 0.25) is 0 Å². The molecule has 0 atom stereocenters. The second kappa shape index (κ2) is 10.3. The first-order valence-electron chi connectivity index (χ1n) is 15.3. The molecule has 3 heteroatoms.